The molecular formula is C22H23N5O. The molecule has 1 aliphatic heterocycles. The summed E-state index contributed by atoms with van der Waals surface area (Å²) in [5.74, 6) is 1.37. The van der Waals surface area contributed by atoms with Crippen molar-refractivity contribution in [1.29, 1.82) is 0 Å². The third-order valence-corrected chi connectivity index (χ3v) is 4.73. The standard InChI is InChI=1S/C22H23N5O/c1-15-12-21(27-11-10-17-6-3-4-7-18(17)14-27)26-22(23-15)25-20-9-5-8-19(13-20)24-16(2)28/h3-9,12-13H,10-11,14H2,1-2H3,(H,24,28)(H,23,25,26). The topological polar surface area (TPSA) is 70.2 Å². The van der Waals surface area contributed by atoms with Gasteiger partial charge in [0.15, 0.2) is 0 Å². The lowest BCUT2D eigenvalue weighted by atomic mass is 10.00. The van der Waals surface area contributed by atoms with E-state index in [1.807, 2.05) is 37.3 Å². The fourth-order valence-electron chi connectivity index (χ4n) is 3.47. The van der Waals surface area contributed by atoms with E-state index in [4.69, 9.17) is 4.98 Å². The summed E-state index contributed by atoms with van der Waals surface area (Å²) in [5, 5.41) is 6.04. The number of anilines is 4. The van der Waals surface area contributed by atoms with Crippen LogP contribution in [0, 0.1) is 6.92 Å². The van der Waals surface area contributed by atoms with Crippen molar-refractivity contribution in [2.45, 2.75) is 26.8 Å². The first-order chi connectivity index (χ1) is 13.6. The monoisotopic (exact) mass is 373 g/mol. The Morgan fingerprint density at radius 2 is 1.79 bits per heavy atom. The van der Waals surface area contributed by atoms with Crippen molar-refractivity contribution in [2.24, 2.45) is 0 Å². The van der Waals surface area contributed by atoms with Gasteiger partial charge in [0.05, 0.1) is 0 Å². The second-order valence-corrected chi connectivity index (χ2v) is 7.02. The van der Waals surface area contributed by atoms with E-state index in [0.717, 1.165) is 42.4 Å². The van der Waals surface area contributed by atoms with Crippen LogP contribution in [0.3, 0.4) is 0 Å². The molecule has 0 unspecified atom stereocenters. The Kier molecular flexibility index (Phi) is 4.93. The van der Waals surface area contributed by atoms with Gasteiger partial charge in [-0.1, -0.05) is 30.3 Å². The molecule has 0 saturated heterocycles. The summed E-state index contributed by atoms with van der Waals surface area (Å²) in [7, 11) is 0. The molecule has 2 N–H and O–H groups in total. The molecule has 2 aromatic carbocycles. The smallest absolute Gasteiger partial charge is 0.229 e. The predicted molar refractivity (Wildman–Crippen MR) is 112 cm³/mol. The Morgan fingerprint density at radius 1 is 1.00 bits per heavy atom. The van der Waals surface area contributed by atoms with E-state index in [2.05, 4.69) is 44.8 Å². The van der Waals surface area contributed by atoms with Crippen LogP contribution in [-0.4, -0.2) is 22.4 Å². The number of hydrogen-bond acceptors (Lipinski definition) is 5. The number of rotatable bonds is 4. The Hall–Kier alpha value is -3.41. The Balaban J connectivity index is 1.56. The largest absolute Gasteiger partial charge is 0.352 e. The van der Waals surface area contributed by atoms with E-state index in [0.29, 0.717) is 5.95 Å². The molecule has 0 atom stereocenters. The second kappa shape index (κ2) is 7.68. The van der Waals surface area contributed by atoms with Gasteiger partial charge < -0.3 is 15.5 Å². The maximum atomic E-state index is 11.3. The van der Waals surface area contributed by atoms with Gasteiger partial charge in [0, 0.05) is 43.1 Å². The van der Waals surface area contributed by atoms with Gasteiger partial charge in [-0.25, -0.2) is 4.98 Å². The number of hydrogen-bond donors (Lipinski definition) is 2. The maximum Gasteiger partial charge on any atom is 0.229 e. The van der Waals surface area contributed by atoms with Crippen LogP contribution in [0.1, 0.15) is 23.7 Å². The van der Waals surface area contributed by atoms with Crippen molar-refractivity contribution >= 4 is 29.0 Å². The molecule has 6 nitrogen and oxygen atoms in total. The molecule has 0 radical (unpaired) electrons. The molecule has 0 aliphatic carbocycles. The molecule has 142 valence electrons. The van der Waals surface area contributed by atoms with E-state index in [-0.39, 0.29) is 5.91 Å². The highest BCUT2D eigenvalue weighted by atomic mass is 16.1. The van der Waals surface area contributed by atoms with Crippen molar-refractivity contribution in [2.75, 3.05) is 22.1 Å². The Labute approximate surface area is 164 Å². The van der Waals surface area contributed by atoms with Crippen LogP contribution < -0.4 is 15.5 Å². The number of aromatic nitrogens is 2. The minimum atomic E-state index is -0.100. The van der Waals surface area contributed by atoms with Gasteiger partial charge in [-0.15, -0.1) is 0 Å². The Bertz CT molecular complexity index is 1020. The third-order valence-electron chi connectivity index (χ3n) is 4.73. The normalized spacial score (nSPS) is 13.0. The van der Waals surface area contributed by atoms with E-state index < -0.39 is 0 Å². The van der Waals surface area contributed by atoms with Gasteiger partial charge in [0.25, 0.3) is 0 Å². The molecule has 2 heterocycles. The fourth-order valence-corrected chi connectivity index (χ4v) is 3.47. The first-order valence-corrected chi connectivity index (χ1v) is 9.39. The third kappa shape index (κ3) is 4.11. The number of nitrogens with zero attached hydrogens (tertiary/aromatic N) is 3. The van der Waals surface area contributed by atoms with Crippen molar-refractivity contribution in [3.8, 4) is 0 Å². The highest BCUT2D eigenvalue weighted by molar-refractivity contribution is 5.89. The van der Waals surface area contributed by atoms with Crippen LogP contribution in [0.25, 0.3) is 0 Å². The molecule has 28 heavy (non-hydrogen) atoms. The maximum absolute atomic E-state index is 11.3. The van der Waals surface area contributed by atoms with Crippen LogP contribution in [0.4, 0.5) is 23.1 Å². The van der Waals surface area contributed by atoms with Gasteiger partial charge in [-0.05, 0) is 42.7 Å². The molecule has 3 aromatic rings. The molecule has 4 rings (SSSR count). The van der Waals surface area contributed by atoms with Crippen LogP contribution in [0.15, 0.2) is 54.6 Å². The number of carbonyl (C=O) groups is 1. The molecule has 1 amide bonds. The minimum absolute atomic E-state index is 0.100. The van der Waals surface area contributed by atoms with Crippen LogP contribution >= 0.6 is 0 Å². The number of nitrogens with one attached hydrogen (secondary N) is 2. The van der Waals surface area contributed by atoms with Crippen LogP contribution in [0.5, 0.6) is 0 Å². The Morgan fingerprint density at radius 3 is 2.61 bits per heavy atom. The summed E-state index contributed by atoms with van der Waals surface area (Å²) in [6.45, 7) is 5.25. The number of carbonyl (C=O) groups excluding carboxylic acids is 1. The highest BCUT2D eigenvalue weighted by Crippen LogP contribution is 2.25. The average Bonchev–Trinajstić information content (AvgIpc) is 2.67. The van der Waals surface area contributed by atoms with Gasteiger partial charge in [0.1, 0.15) is 5.82 Å². The van der Waals surface area contributed by atoms with Crippen LogP contribution in [0.2, 0.25) is 0 Å². The van der Waals surface area contributed by atoms with Crippen molar-refractivity contribution in [1.82, 2.24) is 9.97 Å². The quantitative estimate of drug-likeness (QED) is 0.722. The lowest BCUT2D eigenvalue weighted by Gasteiger charge is -2.30. The number of fused-ring (bicyclic) bond motifs is 1. The highest BCUT2D eigenvalue weighted by Gasteiger charge is 2.18. The molecular weight excluding hydrogens is 350 g/mol. The van der Waals surface area contributed by atoms with Gasteiger partial charge >= 0.3 is 0 Å². The summed E-state index contributed by atoms with van der Waals surface area (Å²) in [6, 6.07) is 18.1. The second-order valence-electron chi connectivity index (χ2n) is 7.02. The molecule has 1 aromatic heterocycles. The van der Waals surface area contributed by atoms with Crippen molar-refractivity contribution in [3.63, 3.8) is 0 Å². The summed E-state index contributed by atoms with van der Waals surface area (Å²) in [6.07, 6.45) is 1.01. The zero-order valence-corrected chi connectivity index (χ0v) is 16.1. The zero-order valence-electron chi connectivity index (χ0n) is 16.1. The van der Waals surface area contributed by atoms with Crippen molar-refractivity contribution < 1.29 is 4.79 Å². The number of amides is 1. The van der Waals surface area contributed by atoms with E-state index in [9.17, 15) is 4.79 Å². The summed E-state index contributed by atoms with van der Waals surface area (Å²) in [5.41, 5.74) is 5.23. The number of aryl methyl sites for hydroxylation is 1. The molecule has 0 spiro atoms. The molecule has 0 saturated carbocycles. The van der Waals surface area contributed by atoms with E-state index >= 15 is 0 Å². The first kappa shape index (κ1) is 18.0. The lowest BCUT2D eigenvalue weighted by molar-refractivity contribution is -0.114. The first-order valence-electron chi connectivity index (χ1n) is 9.39. The predicted octanol–water partition coefficient (Wildman–Crippen LogP) is 4.05. The van der Waals surface area contributed by atoms with Crippen molar-refractivity contribution in [3.05, 3.63) is 71.4 Å². The van der Waals surface area contributed by atoms with E-state index in [1.54, 1.807) is 0 Å². The molecule has 6 heteroatoms. The molecule has 0 bridgehead atoms. The summed E-state index contributed by atoms with van der Waals surface area (Å²) in [4.78, 5) is 22.8. The minimum Gasteiger partial charge on any atom is -0.352 e. The van der Waals surface area contributed by atoms with E-state index in [1.165, 1.54) is 18.1 Å². The molecule has 1 aliphatic rings. The van der Waals surface area contributed by atoms with Gasteiger partial charge in [-0.2, -0.15) is 4.98 Å². The van der Waals surface area contributed by atoms with Gasteiger partial charge in [0.2, 0.25) is 11.9 Å². The van der Waals surface area contributed by atoms with Gasteiger partial charge in [-0.3, -0.25) is 4.79 Å². The number of benzene rings is 2. The molecule has 0 fully saturated rings. The zero-order chi connectivity index (χ0) is 19.5. The fraction of sp³-hybridized carbons (Fsp3) is 0.227. The van der Waals surface area contributed by atoms with Crippen LogP contribution in [-0.2, 0) is 17.8 Å². The SMILES string of the molecule is CC(=O)Nc1cccc(Nc2nc(C)cc(N3CCc4ccccc4C3)n2)c1. The summed E-state index contributed by atoms with van der Waals surface area (Å²) >= 11 is 0. The average molecular weight is 373 g/mol. The summed E-state index contributed by atoms with van der Waals surface area (Å²) < 4.78 is 0. The lowest BCUT2D eigenvalue weighted by Crippen LogP contribution is -2.31.